The van der Waals surface area contributed by atoms with Crippen LogP contribution < -0.4 is 14.3 Å². The first kappa shape index (κ1) is 26.3. The lowest BCUT2D eigenvalue weighted by Gasteiger charge is -2.19. The van der Waals surface area contributed by atoms with Gasteiger partial charge in [0.05, 0.1) is 34.0 Å². The zero-order chi connectivity index (χ0) is 27.9. The number of hydrogen-bond donors (Lipinski definition) is 1. The molecular formula is C29H26FN3O5S. The monoisotopic (exact) mass is 547 g/mol. The van der Waals surface area contributed by atoms with Crippen LogP contribution in [0.2, 0.25) is 0 Å². The first-order chi connectivity index (χ1) is 18.6. The average molecular weight is 548 g/mol. The zero-order valence-corrected chi connectivity index (χ0v) is 22.4. The van der Waals surface area contributed by atoms with Crippen molar-refractivity contribution in [2.45, 2.75) is 46.3 Å². The Labute approximate surface area is 224 Å². The number of hydrogen-bond acceptors (Lipinski definition) is 6. The SMILES string of the molecule is CCCCn1c2cc(-c3cccc(OS(=O)(=O)F)c3)c(OC(C)C)cc2c(=O)c2c3ccc(C#N)cc3[nH]c21. The number of aryl methyl sites for hydroxylation is 1. The summed E-state index contributed by atoms with van der Waals surface area (Å²) in [5.74, 6) is 0.233. The van der Waals surface area contributed by atoms with Gasteiger partial charge in [-0.15, -0.1) is 0 Å². The predicted octanol–water partition coefficient (Wildman–Crippen LogP) is 6.36. The van der Waals surface area contributed by atoms with Gasteiger partial charge in [0.1, 0.15) is 17.1 Å². The summed E-state index contributed by atoms with van der Waals surface area (Å²) < 4.78 is 48.0. The third-order valence-electron chi connectivity index (χ3n) is 6.48. The number of nitriles is 1. The molecule has 0 radical (unpaired) electrons. The van der Waals surface area contributed by atoms with E-state index in [0.717, 1.165) is 18.2 Å². The molecule has 0 saturated heterocycles. The van der Waals surface area contributed by atoms with Gasteiger partial charge in [-0.1, -0.05) is 35.4 Å². The highest BCUT2D eigenvalue weighted by atomic mass is 32.3. The fourth-order valence-corrected chi connectivity index (χ4v) is 5.20. The molecule has 0 aliphatic heterocycles. The van der Waals surface area contributed by atoms with E-state index in [0.29, 0.717) is 56.4 Å². The molecule has 0 saturated carbocycles. The molecule has 0 atom stereocenters. The number of halogens is 1. The number of H-pyrrole nitrogens is 1. The number of rotatable bonds is 8. The van der Waals surface area contributed by atoms with Crippen LogP contribution >= 0.6 is 0 Å². The maximum absolute atomic E-state index is 14.0. The summed E-state index contributed by atoms with van der Waals surface area (Å²) in [6.45, 7) is 6.42. The maximum atomic E-state index is 14.0. The van der Waals surface area contributed by atoms with Gasteiger partial charge in [-0.25, -0.2) is 0 Å². The number of aromatic nitrogens is 2. The lowest BCUT2D eigenvalue weighted by Crippen LogP contribution is -2.13. The minimum Gasteiger partial charge on any atom is -0.490 e. The van der Waals surface area contributed by atoms with E-state index in [-0.39, 0.29) is 17.3 Å². The van der Waals surface area contributed by atoms with Crippen molar-refractivity contribution in [2.24, 2.45) is 0 Å². The second-order valence-corrected chi connectivity index (χ2v) is 10.5. The molecule has 0 amide bonds. The van der Waals surface area contributed by atoms with Crippen LogP contribution in [0, 0.1) is 11.3 Å². The van der Waals surface area contributed by atoms with Crippen molar-refractivity contribution in [1.29, 1.82) is 5.26 Å². The van der Waals surface area contributed by atoms with E-state index < -0.39 is 10.5 Å². The number of pyridine rings is 1. The van der Waals surface area contributed by atoms with E-state index in [1.165, 1.54) is 12.1 Å². The minimum atomic E-state index is -5.21. The molecule has 5 rings (SSSR count). The minimum absolute atomic E-state index is 0.176. The van der Waals surface area contributed by atoms with Crippen molar-refractivity contribution in [3.05, 3.63) is 70.4 Å². The van der Waals surface area contributed by atoms with Gasteiger partial charge in [0.15, 0.2) is 5.43 Å². The topological polar surface area (TPSA) is 114 Å². The predicted molar refractivity (Wildman–Crippen MR) is 149 cm³/mol. The van der Waals surface area contributed by atoms with Crippen molar-refractivity contribution in [3.63, 3.8) is 0 Å². The number of fused-ring (bicyclic) bond motifs is 4. The molecule has 0 aliphatic rings. The summed E-state index contributed by atoms with van der Waals surface area (Å²) in [6, 6.07) is 16.9. The summed E-state index contributed by atoms with van der Waals surface area (Å²) in [7, 11) is -5.21. The van der Waals surface area contributed by atoms with Crippen LogP contribution in [0.15, 0.2) is 59.4 Å². The molecule has 2 aromatic heterocycles. The van der Waals surface area contributed by atoms with Crippen molar-refractivity contribution in [1.82, 2.24) is 9.55 Å². The van der Waals surface area contributed by atoms with Gasteiger partial charge < -0.3 is 18.5 Å². The molecular weight excluding hydrogens is 521 g/mol. The lowest BCUT2D eigenvalue weighted by atomic mass is 10.00. The fraction of sp³-hybridized carbons (Fsp3) is 0.241. The summed E-state index contributed by atoms with van der Waals surface area (Å²) in [4.78, 5) is 17.3. The summed E-state index contributed by atoms with van der Waals surface area (Å²) in [5, 5.41) is 11.1. The van der Waals surface area contributed by atoms with Crippen LogP contribution in [-0.2, 0) is 17.0 Å². The lowest BCUT2D eigenvalue weighted by molar-refractivity contribution is 0.244. The number of nitrogens with one attached hydrogen (secondary N) is 1. The van der Waals surface area contributed by atoms with Gasteiger partial charge in [-0.2, -0.15) is 13.7 Å². The van der Waals surface area contributed by atoms with Crippen molar-refractivity contribution in [3.8, 4) is 28.7 Å². The molecule has 0 bridgehead atoms. The Kier molecular flexibility index (Phi) is 6.78. The Balaban J connectivity index is 1.86. The second kappa shape index (κ2) is 10.1. The van der Waals surface area contributed by atoms with Crippen LogP contribution in [0.5, 0.6) is 11.5 Å². The van der Waals surface area contributed by atoms with Crippen LogP contribution in [0.3, 0.4) is 0 Å². The molecule has 39 heavy (non-hydrogen) atoms. The Hall–Kier alpha value is -4.36. The molecule has 10 heteroatoms. The first-order valence-electron chi connectivity index (χ1n) is 12.6. The van der Waals surface area contributed by atoms with Gasteiger partial charge in [-0.05, 0) is 62.2 Å². The highest BCUT2D eigenvalue weighted by Gasteiger charge is 2.20. The third kappa shape index (κ3) is 5.05. The van der Waals surface area contributed by atoms with Crippen LogP contribution in [-0.4, -0.2) is 24.1 Å². The average Bonchev–Trinajstić information content (AvgIpc) is 3.26. The normalized spacial score (nSPS) is 11.9. The molecule has 0 spiro atoms. The summed E-state index contributed by atoms with van der Waals surface area (Å²) in [5.41, 5.74) is 3.42. The van der Waals surface area contributed by atoms with E-state index in [1.807, 2.05) is 19.9 Å². The largest absolute Gasteiger partial charge is 0.490 e. The van der Waals surface area contributed by atoms with Crippen molar-refractivity contribution in [2.75, 3.05) is 0 Å². The molecule has 1 N–H and O–H groups in total. The number of unbranched alkanes of at least 4 members (excludes halogenated alkanes) is 1. The maximum Gasteiger partial charge on any atom is 0.488 e. The molecule has 0 unspecified atom stereocenters. The van der Waals surface area contributed by atoms with Gasteiger partial charge in [0, 0.05) is 23.0 Å². The fourth-order valence-electron chi connectivity index (χ4n) is 4.87. The summed E-state index contributed by atoms with van der Waals surface area (Å²) in [6.07, 6.45) is 1.55. The van der Waals surface area contributed by atoms with Gasteiger partial charge in [-0.3, -0.25) is 4.79 Å². The molecule has 0 aliphatic carbocycles. The molecule has 5 aromatic rings. The highest BCUT2D eigenvalue weighted by Crippen LogP contribution is 2.37. The molecule has 200 valence electrons. The van der Waals surface area contributed by atoms with E-state index in [2.05, 4.69) is 26.7 Å². The van der Waals surface area contributed by atoms with E-state index >= 15 is 0 Å². The van der Waals surface area contributed by atoms with Gasteiger partial charge in [0.2, 0.25) is 0 Å². The van der Waals surface area contributed by atoms with E-state index in [1.54, 1.807) is 36.4 Å². The Morgan fingerprint density at radius 2 is 1.90 bits per heavy atom. The van der Waals surface area contributed by atoms with Gasteiger partial charge in [0.25, 0.3) is 0 Å². The Morgan fingerprint density at radius 3 is 2.59 bits per heavy atom. The standard InChI is InChI=1S/C29H26FN3O5S/c1-4-5-11-33-25-14-22(19-7-6-8-20(13-19)38-39(30,35)36)26(37-17(2)3)15-23(25)28(34)27-21-10-9-18(16-31)12-24(21)32-29(27)33/h6-10,12-15,17,32H,4-5,11H2,1-3H3. The van der Waals surface area contributed by atoms with Crippen molar-refractivity contribution >= 4 is 43.3 Å². The quantitative estimate of drug-likeness (QED) is 0.226. The highest BCUT2D eigenvalue weighted by molar-refractivity contribution is 7.81. The van der Waals surface area contributed by atoms with Crippen LogP contribution in [0.25, 0.3) is 44.0 Å². The number of aromatic amines is 1. The van der Waals surface area contributed by atoms with E-state index in [4.69, 9.17) is 4.74 Å². The molecule has 3 aromatic carbocycles. The molecule has 8 nitrogen and oxygen atoms in total. The van der Waals surface area contributed by atoms with Crippen LogP contribution in [0.4, 0.5) is 3.89 Å². The van der Waals surface area contributed by atoms with Crippen molar-refractivity contribution < 1.29 is 21.2 Å². The van der Waals surface area contributed by atoms with E-state index in [9.17, 15) is 22.4 Å². The number of nitrogens with zero attached hydrogens (tertiary/aromatic N) is 2. The van der Waals surface area contributed by atoms with Crippen LogP contribution in [0.1, 0.15) is 39.2 Å². The van der Waals surface area contributed by atoms with Gasteiger partial charge >= 0.3 is 10.5 Å². The third-order valence-corrected chi connectivity index (χ3v) is 6.87. The molecule has 2 heterocycles. The smallest absolute Gasteiger partial charge is 0.488 e. The number of benzene rings is 3. The zero-order valence-electron chi connectivity index (χ0n) is 21.6. The number of ether oxygens (including phenoxy) is 1. The Bertz CT molecular complexity index is 1950. The Morgan fingerprint density at radius 1 is 1.10 bits per heavy atom. The summed E-state index contributed by atoms with van der Waals surface area (Å²) >= 11 is 0. The molecule has 0 fully saturated rings. The second-order valence-electron chi connectivity index (χ2n) is 9.59. The first-order valence-corrected chi connectivity index (χ1v) is 13.9.